The van der Waals surface area contributed by atoms with Crippen LogP contribution in [0.3, 0.4) is 0 Å². The predicted octanol–water partition coefficient (Wildman–Crippen LogP) is 2.21. The molecule has 0 nitrogen and oxygen atoms in total. The van der Waals surface area contributed by atoms with Gasteiger partial charge in [-0.15, -0.1) is 0 Å². The lowest BCUT2D eigenvalue weighted by Crippen LogP contribution is -1.74. The fourth-order valence-electron chi connectivity index (χ4n) is 1.37. The molecule has 1 heteroatoms. The number of allylic oxidation sites excluding steroid dienone is 2. The Morgan fingerprint density at radius 1 is 1.50 bits per heavy atom. The molecule has 0 amide bonds. The van der Waals surface area contributed by atoms with Crippen LogP contribution in [0.15, 0.2) is 11.6 Å². The van der Waals surface area contributed by atoms with E-state index in [1.54, 1.807) is 5.57 Å². The lowest BCUT2D eigenvalue weighted by atomic mass is 10.2. The molecule has 0 aromatic rings. The van der Waals surface area contributed by atoms with Gasteiger partial charge < -0.3 is 0 Å². The minimum Gasteiger partial charge on any atom is -0.152 e. The Balaban J connectivity index is 2.08. The van der Waals surface area contributed by atoms with Crippen LogP contribution in [-0.2, 0) is 0 Å². The minimum absolute atomic E-state index is 1.04. The second-order valence-electron chi connectivity index (χ2n) is 2.57. The van der Waals surface area contributed by atoms with Crippen molar-refractivity contribution in [3.8, 4) is 0 Å². The summed E-state index contributed by atoms with van der Waals surface area (Å²) in [4.78, 5) is 0. The highest BCUT2D eigenvalue weighted by Gasteiger charge is 2.43. The number of hydrogen-bond acceptors (Lipinski definition) is 1. The first-order valence-electron chi connectivity index (χ1n) is 3.19. The van der Waals surface area contributed by atoms with Gasteiger partial charge in [0.2, 0.25) is 0 Å². The number of rotatable bonds is 0. The van der Waals surface area contributed by atoms with E-state index in [0.717, 1.165) is 10.5 Å². The van der Waals surface area contributed by atoms with Crippen molar-refractivity contribution in [3.63, 3.8) is 0 Å². The van der Waals surface area contributed by atoms with Crippen molar-refractivity contribution in [1.29, 1.82) is 0 Å². The third-order valence-electron chi connectivity index (χ3n) is 2.02. The molecule has 0 spiro atoms. The van der Waals surface area contributed by atoms with Gasteiger partial charge in [-0.3, -0.25) is 0 Å². The van der Waals surface area contributed by atoms with Gasteiger partial charge in [-0.2, -0.15) is 11.8 Å². The van der Waals surface area contributed by atoms with Crippen LogP contribution in [0.25, 0.3) is 0 Å². The Hall–Kier alpha value is 0.0900. The second-order valence-corrected chi connectivity index (χ2v) is 4.05. The molecule has 2 unspecified atom stereocenters. The predicted molar refractivity (Wildman–Crippen MR) is 38.2 cm³/mol. The Kier molecular flexibility index (Phi) is 0.944. The molecule has 0 bridgehead atoms. The summed E-state index contributed by atoms with van der Waals surface area (Å²) in [6, 6.07) is 0. The van der Waals surface area contributed by atoms with Gasteiger partial charge >= 0.3 is 0 Å². The highest BCUT2D eigenvalue weighted by atomic mass is 32.2. The maximum absolute atomic E-state index is 2.28. The second kappa shape index (κ2) is 1.53. The molecular formula is C7H10S. The van der Waals surface area contributed by atoms with Crippen LogP contribution in [0.5, 0.6) is 0 Å². The van der Waals surface area contributed by atoms with E-state index in [1.165, 1.54) is 12.8 Å². The lowest BCUT2D eigenvalue weighted by Gasteiger charge is -1.93. The molecule has 0 aromatic heterocycles. The third kappa shape index (κ3) is 0.609. The molecule has 2 fully saturated rings. The van der Waals surface area contributed by atoms with Crippen molar-refractivity contribution in [1.82, 2.24) is 0 Å². The fourth-order valence-corrected chi connectivity index (χ4v) is 2.55. The van der Waals surface area contributed by atoms with E-state index in [9.17, 15) is 0 Å². The molecule has 1 aliphatic carbocycles. The van der Waals surface area contributed by atoms with E-state index in [4.69, 9.17) is 0 Å². The average molecular weight is 126 g/mol. The summed E-state index contributed by atoms with van der Waals surface area (Å²) in [7, 11) is 0. The van der Waals surface area contributed by atoms with Crippen LogP contribution in [0.4, 0.5) is 0 Å². The Morgan fingerprint density at radius 3 is 2.50 bits per heavy atom. The van der Waals surface area contributed by atoms with Crippen molar-refractivity contribution >= 4 is 11.8 Å². The summed E-state index contributed by atoms with van der Waals surface area (Å²) < 4.78 is 0. The van der Waals surface area contributed by atoms with Gasteiger partial charge in [0, 0.05) is 10.5 Å². The van der Waals surface area contributed by atoms with E-state index in [2.05, 4.69) is 24.8 Å². The van der Waals surface area contributed by atoms with E-state index < -0.39 is 0 Å². The van der Waals surface area contributed by atoms with Crippen molar-refractivity contribution in [3.05, 3.63) is 11.6 Å². The van der Waals surface area contributed by atoms with E-state index in [0.29, 0.717) is 0 Å². The average Bonchev–Trinajstić information content (AvgIpc) is 2.40. The van der Waals surface area contributed by atoms with Crippen LogP contribution in [-0.4, -0.2) is 10.5 Å². The number of thioether (sulfide) groups is 1. The first-order valence-corrected chi connectivity index (χ1v) is 4.14. The Labute approximate surface area is 54.4 Å². The first kappa shape index (κ1) is 4.92. The van der Waals surface area contributed by atoms with Gasteiger partial charge in [0.15, 0.2) is 0 Å². The molecule has 0 N–H and O–H groups in total. The summed E-state index contributed by atoms with van der Waals surface area (Å²) in [5.41, 5.74) is 1.69. The van der Waals surface area contributed by atoms with Crippen LogP contribution in [0.1, 0.15) is 19.8 Å². The molecule has 0 aromatic carbocycles. The number of hydrogen-bond donors (Lipinski definition) is 0. The van der Waals surface area contributed by atoms with Gasteiger partial charge in [-0.1, -0.05) is 11.6 Å². The minimum atomic E-state index is 1.04. The molecule has 1 heterocycles. The van der Waals surface area contributed by atoms with Gasteiger partial charge in [-0.05, 0) is 19.8 Å². The normalized spacial score (nSPS) is 41.9. The van der Waals surface area contributed by atoms with Crippen LogP contribution < -0.4 is 0 Å². The zero-order chi connectivity index (χ0) is 5.56. The molecule has 1 saturated carbocycles. The molecule has 2 atom stereocenters. The highest BCUT2D eigenvalue weighted by Crippen LogP contribution is 2.54. The first-order chi connectivity index (χ1) is 3.90. The van der Waals surface area contributed by atoms with Gasteiger partial charge in [0.25, 0.3) is 0 Å². The monoisotopic (exact) mass is 126 g/mol. The quantitative estimate of drug-likeness (QED) is 0.354. The molecule has 1 aliphatic heterocycles. The standard InChI is InChI=1S/C7H10S/c1-2-5-3-6-7(4-5)8-6/h2,6-7H,3-4H2,1H3. The molecule has 8 heavy (non-hydrogen) atoms. The zero-order valence-corrected chi connectivity index (χ0v) is 5.87. The molecule has 0 radical (unpaired) electrons. The zero-order valence-electron chi connectivity index (χ0n) is 5.05. The van der Waals surface area contributed by atoms with Crippen molar-refractivity contribution < 1.29 is 0 Å². The summed E-state index contributed by atoms with van der Waals surface area (Å²) in [6.07, 6.45) is 5.07. The maximum atomic E-state index is 2.28. The van der Waals surface area contributed by atoms with Crippen molar-refractivity contribution in [2.45, 2.75) is 30.3 Å². The highest BCUT2D eigenvalue weighted by molar-refractivity contribution is 8.07. The van der Waals surface area contributed by atoms with Crippen LogP contribution >= 0.6 is 11.8 Å². The van der Waals surface area contributed by atoms with E-state index >= 15 is 0 Å². The van der Waals surface area contributed by atoms with Crippen molar-refractivity contribution in [2.75, 3.05) is 0 Å². The van der Waals surface area contributed by atoms with Crippen LogP contribution in [0.2, 0.25) is 0 Å². The lowest BCUT2D eigenvalue weighted by molar-refractivity contribution is 1.05. The van der Waals surface area contributed by atoms with E-state index in [1.807, 2.05) is 0 Å². The summed E-state index contributed by atoms with van der Waals surface area (Å²) in [6.45, 7) is 2.16. The SMILES string of the molecule is CC=C1CC2SC2C1. The summed E-state index contributed by atoms with van der Waals surface area (Å²) in [5, 5.41) is 2.09. The maximum Gasteiger partial charge on any atom is 0.0210 e. The molecule has 1 saturated heterocycles. The largest absolute Gasteiger partial charge is 0.152 e. The smallest absolute Gasteiger partial charge is 0.0210 e. The molecule has 44 valence electrons. The summed E-state index contributed by atoms with van der Waals surface area (Å²) in [5.74, 6) is 0. The van der Waals surface area contributed by atoms with Crippen molar-refractivity contribution in [2.24, 2.45) is 0 Å². The molecule has 2 rings (SSSR count). The summed E-state index contributed by atoms with van der Waals surface area (Å²) >= 11 is 2.16. The Bertz CT molecular complexity index is 125. The fraction of sp³-hybridized carbons (Fsp3) is 0.714. The van der Waals surface area contributed by atoms with Crippen LogP contribution in [0, 0.1) is 0 Å². The molecule has 2 aliphatic rings. The third-order valence-corrected chi connectivity index (χ3v) is 3.40. The Morgan fingerprint density at radius 2 is 2.12 bits per heavy atom. The van der Waals surface area contributed by atoms with Gasteiger partial charge in [-0.25, -0.2) is 0 Å². The van der Waals surface area contributed by atoms with E-state index in [-0.39, 0.29) is 0 Å². The van der Waals surface area contributed by atoms with Gasteiger partial charge in [0.05, 0.1) is 0 Å². The topological polar surface area (TPSA) is 0 Å². The number of fused-ring (bicyclic) bond motifs is 1. The molecular weight excluding hydrogens is 116 g/mol. The van der Waals surface area contributed by atoms with Gasteiger partial charge in [0.1, 0.15) is 0 Å².